The van der Waals surface area contributed by atoms with Gasteiger partial charge in [0.2, 0.25) is 5.88 Å². The second kappa shape index (κ2) is 5.92. The Hall–Kier alpha value is -2.81. The van der Waals surface area contributed by atoms with Crippen molar-refractivity contribution in [2.24, 2.45) is 0 Å². The number of fused-ring (bicyclic) bond motifs is 1. The molecule has 2 aromatic carbocycles. The molecule has 1 aliphatic rings. The predicted octanol–water partition coefficient (Wildman–Crippen LogP) is 5.26. The van der Waals surface area contributed by atoms with Crippen LogP contribution in [0.25, 0.3) is 12.0 Å². The van der Waals surface area contributed by atoms with Crippen molar-refractivity contribution in [2.45, 2.75) is 32.3 Å². The Morgan fingerprint density at radius 2 is 1.72 bits per heavy atom. The molecule has 126 valence electrons. The van der Waals surface area contributed by atoms with Crippen LogP contribution in [0.15, 0.2) is 67.0 Å². The Morgan fingerprint density at radius 1 is 1.00 bits per heavy atom. The maximum atomic E-state index is 6.22. The largest absolute Gasteiger partial charge is 0.462 e. The first kappa shape index (κ1) is 15.7. The number of hydrogen-bond donors (Lipinski definition) is 0. The molecule has 0 spiro atoms. The van der Waals surface area contributed by atoms with Crippen LogP contribution in [0.1, 0.15) is 49.4 Å². The Kier molecular flexibility index (Phi) is 3.72. The van der Waals surface area contributed by atoms with Gasteiger partial charge in [0, 0.05) is 24.0 Å². The van der Waals surface area contributed by atoms with E-state index in [1.54, 1.807) is 0 Å². The van der Waals surface area contributed by atoms with Crippen LogP contribution in [0.2, 0.25) is 0 Å². The van der Waals surface area contributed by atoms with Gasteiger partial charge in [0.25, 0.3) is 0 Å². The van der Waals surface area contributed by atoms with E-state index >= 15 is 0 Å². The van der Waals surface area contributed by atoms with Gasteiger partial charge in [-0.2, -0.15) is 0 Å². The lowest BCUT2D eigenvalue weighted by Crippen LogP contribution is -2.10. The molecule has 4 rings (SSSR count). The normalized spacial score (nSPS) is 18.2. The van der Waals surface area contributed by atoms with Crippen molar-refractivity contribution in [3.63, 3.8) is 0 Å². The van der Waals surface area contributed by atoms with E-state index in [0.29, 0.717) is 0 Å². The summed E-state index contributed by atoms with van der Waals surface area (Å²) in [5.41, 5.74) is 3.72. The summed E-state index contributed by atoms with van der Waals surface area (Å²) in [7, 11) is 0. The van der Waals surface area contributed by atoms with Crippen LogP contribution in [-0.4, -0.2) is 9.55 Å². The zero-order valence-electron chi connectivity index (χ0n) is 14.8. The lowest BCUT2D eigenvalue weighted by atomic mass is 9.87. The summed E-state index contributed by atoms with van der Waals surface area (Å²) in [4.78, 5) is 4.49. The third kappa shape index (κ3) is 2.98. The van der Waals surface area contributed by atoms with E-state index < -0.39 is 0 Å². The van der Waals surface area contributed by atoms with Gasteiger partial charge in [0.05, 0.1) is 0 Å². The molecule has 3 aromatic rings. The van der Waals surface area contributed by atoms with Crippen molar-refractivity contribution >= 4 is 12.0 Å². The first-order chi connectivity index (χ1) is 12.0. The van der Waals surface area contributed by atoms with Gasteiger partial charge in [-0.1, -0.05) is 75.4 Å². The van der Waals surface area contributed by atoms with E-state index in [9.17, 15) is 0 Å². The van der Waals surface area contributed by atoms with Crippen molar-refractivity contribution in [1.82, 2.24) is 9.55 Å². The summed E-state index contributed by atoms with van der Waals surface area (Å²) < 4.78 is 8.24. The molecule has 0 radical (unpaired) electrons. The van der Waals surface area contributed by atoms with E-state index in [1.807, 2.05) is 35.2 Å². The second-order valence-electron chi connectivity index (χ2n) is 7.42. The Morgan fingerprint density at radius 3 is 2.40 bits per heavy atom. The summed E-state index contributed by atoms with van der Waals surface area (Å²) in [5, 5.41) is 0. The molecule has 0 saturated heterocycles. The Labute approximate surface area is 148 Å². The molecule has 0 saturated carbocycles. The summed E-state index contributed by atoms with van der Waals surface area (Å²) in [6, 6.07) is 18.9. The van der Waals surface area contributed by atoms with Gasteiger partial charge in [-0.3, -0.25) is 4.57 Å². The highest BCUT2D eigenvalue weighted by molar-refractivity contribution is 5.69. The molecule has 1 unspecified atom stereocenters. The van der Waals surface area contributed by atoms with Crippen LogP contribution in [0.4, 0.5) is 0 Å². The van der Waals surface area contributed by atoms with Gasteiger partial charge in [-0.15, -0.1) is 0 Å². The second-order valence-corrected chi connectivity index (χ2v) is 7.42. The molecule has 1 aliphatic heterocycles. The number of aromatic nitrogens is 2. The summed E-state index contributed by atoms with van der Waals surface area (Å²) in [5.74, 6) is 1.73. The zero-order chi connectivity index (χ0) is 17.4. The van der Waals surface area contributed by atoms with Crippen molar-refractivity contribution in [3.05, 3.63) is 89.5 Å². The van der Waals surface area contributed by atoms with E-state index in [1.165, 1.54) is 5.56 Å². The number of imidazole rings is 1. The summed E-state index contributed by atoms with van der Waals surface area (Å²) in [6.45, 7) is 6.67. The molecule has 25 heavy (non-hydrogen) atoms. The Bertz CT molecular complexity index is 899. The van der Waals surface area contributed by atoms with Crippen LogP contribution in [0.3, 0.4) is 0 Å². The number of rotatable bonds is 2. The lowest BCUT2D eigenvalue weighted by molar-refractivity contribution is 0.224. The van der Waals surface area contributed by atoms with E-state index in [-0.39, 0.29) is 11.5 Å². The molecule has 1 atom stereocenters. The predicted molar refractivity (Wildman–Crippen MR) is 101 cm³/mol. The first-order valence-electron chi connectivity index (χ1n) is 8.60. The SMILES string of the molecule is CC(C)(C)c1ccc(/C=C2\OC(c3ccccc3)c3nccn32)cc1. The molecule has 0 N–H and O–H groups in total. The van der Waals surface area contributed by atoms with Crippen molar-refractivity contribution in [2.75, 3.05) is 0 Å². The number of nitrogens with zero attached hydrogens (tertiary/aromatic N) is 2. The van der Waals surface area contributed by atoms with Gasteiger partial charge in [0.1, 0.15) is 0 Å². The zero-order valence-corrected chi connectivity index (χ0v) is 14.8. The van der Waals surface area contributed by atoms with Crippen LogP contribution in [0.5, 0.6) is 0 Å². The molecule has 1 aromatic heterocycles. The fourth-order valence-electron chi connectivity index (χ4n) is 3.10. The number of benzene rings is 2. The van der Waals surface area contributed by atoms with Gasteiger partial charge >= 0.3 is 0 Å². The first-order valence-corrected chi connectivity index (χ1v) is 8.60. The van der Waals surface area contributed by atoms with Crippen LogP contribution < -0.4 is 0 Å². The number of ether oxygens (including phenoxy) is 1. The standard InChI is InChI=1S/C22H22N2O/c1-22(2,3)18-11-9-16(10-12-18)15-19-24-14-13-23-21(24)20(25-19)17-7-5-4-6-8-17/h4-15,20H,1-3H3/b19-15-. The maximum Gasteiger partial charge on any atom is 0.200 e. The maximum absolute atomic E-state index is 6.22. The van der Waals surface area contributed by atoms with Crippen molar-refractivity contribution < 1.29 is 4.74 Å². The van der Waals surface area contributed by atoms with Gasteiger partial charge in [-0.25, -0.2) is 4.98 Å². The molecular formula is C22H22N2O. The van der Waals surface area contributed by atoms with Crippen LogP contribution >= 0.6 is 0 Å². The van der Waals surface area contributed by atoms with Gasteiger partial charge < -0.3 is 4.74 Å². The lowest BCUT2D eigenvalue weighted by Gasteiger charge is -2.18. The minimum atomic E-state index is -0.156. The van der Waals surface area contributed by atoms with Crippen molar-refractivity contribution in [1.29, 1.82) is 0 Å². The fraction of sp³-hybridized carbons (Fsp3) is 0.227. The van der Waals surface area contributed by atoms with Gasteiger partial charge in [0.15, 0.2) is 11.9 Å². The minimum Gasteiger partial charge on any atom is -0.462 e. The molecule has 0 bridgehead atoms. The van der Waals surface area contributed by atoms with Crippen molar-refractivity contribution in [3.8, 4) is 0 Å². The molecule has 0 aliphatic carbocycles. The third-order valence-corrected chi connectivity index (χ3v) is 4.55. The van der Waals surface area contributed by atoms with E-state index in [2.05, 4.69) is 68.2 Å². The van der Waals surface area contributed by atoms with Gasteiger partial charge in [-0.05, 0) is 16.5 Å². The average Bonchev–Trinajstić information content (AvgIpc) is 3.19. The molecule has 0 fully saturated rings. The molecule has 2 heterocycles. The molecule has 0 amide bonds. The smallest absolute Gasteiger partial charge is 0.200 e. The quantitative estimate of drug-likeness (QED) is 0.641. The number of hydrogen-bond acceptors (Lipinski definition) is 2. The molecule has 3 heteroatoms. The summed E-state index contributed by atoms with van der Waals surface area (Å²) >= 11 is 0. The van der Waals surface area contributed by atoms with Crippen LogP contribution in [0, 0.1) is 0 Å². The highest BCUT2D eigenvalue weighted by Gasteiger charge is 2.30. The molecular weight excluding hydrogens is 308 g/mol. The highest BCUT2D eigenvalue weighted by atomic mass is 16.5. The van der Waals surface area contributed by atoms with E-state index in [0.717, 1.165) is 22.8 Å². The van der Waals surface area contributed by atoms with E-state index in [4.69, 9.17) is 4.74 Å². The fourth-order valence-corrected chi connectivity index (χ4v) is 3.10. The summed E-state index contributed by atoms with van der Waals surface area (Å²) in [6.07, 6.45) is 5.69. The molecule has 3 nitrogen and oxygen atoms in total. The van der Waals surface area contributed by atoms with Crippen LogP contribution in [-0.2, 0) is 10.2 Å². The Balaban J connectivity index is 1.67. The monoisotopic (exact) mass is 330 g/mol. The third-order valence-electron chi connectivity index (χ3n) is 4.55. The highest BCUT2D eigenvalue weighted by Crippen LogP contribution is 2.37. The topological polar surface area (TPSA) is 27.1 Å². The minimum absolute atomic E-state index is 0.156. The average molecular weight is 330 g/mol.